The zero-order chi connectivity index (χ0) is 23.7. The summed E-state index contributed by atoms with van der Waals surface area (Å²) in [6.07, 6.45) is 15.1. The van der Waals surface area contributed by atoms with Gasteiger partial charge in [-0.25, -0.2) is 0 Å². The lowest BCUT2D eigenvalue weighted by molar-refractivity contribution is 0.539. The minimum Gasteiger partial charge on any atom is -0.382 e. The van der Waals surface area contributed by atoms with Crippen LogP contribution in [0.4, 0.5) is 17.1 Å². The second-order valence-corrected chi connectivity index (χ2v) is 11.0. The van der Waals surface area contributed by atoms with Crippen LogP contribution in [0.3, 0.4) is 0 Å². The van der Waals surface area contributed by atoms with E-state index in [1.54, 1.807) is 0 Å². The van der Waals surface area contributed by atoms with Crippen LogP contribution in [-0.2, 0) is 0 Å². The van der Waals surface area contributed by atoms with Gasteiger partial charge in [-0.1, -0.05) is 96.8 Å². The Bertz CT molecular complexity index is 744. The number of anilines is 3. The first kappa shape index (κ1) is 27.6. The first-order chi connectivity index (χ1) is 16.1. The summed E-state index contributed by atoms with van der Waals surface area (Å²) >= 11 is 2.01. The van der Waals surface area contributed by atoms with E-state index in [0.29, 0.717) is 12.0 Å². The Kier molecular flexibility index (Phi) is 14.2. The molecule has 2 aromatic carbocycles. The number of hydrogen-bond donors (Lipinski definition) is 2. The Hall–Kier alpha value is -1.61. The molecule has 0 saturated heterocycles. The van der Waals surface area contributed by atoms with Crippen LogP contribution >= 0.6 is 11.8 Å². The number of rotatable bonds is 18. The molecule has 2 rings (SSSR count). The third-order valence-corrected chi connectivity index (χ3v) is 7.17. The second kappa shape index (κ2) is 16.9. The summed E-state index contributed by atoms with van der Waals surface area (Å²) in [7, 11) is 0. The summed E-state index contributed by atoms with van der Waals surface area (Å²) in [5.74, 6) is 1.90. The molecule has 0 aliphatic heterocycles. The molecule has 0 aliphatic carbocycles. The van der Waals surface area contributed by atoms with Gasteiger partial charge in [-0.3, -0.25) is 0 Å². The van der Waals surface area contributed by atoms with E-state index in [4.69, 9.17) is 0 Å². The quantitative estimate of drug-likeness (QED) is 0.168. The van der Waals surface area contributed by atoms with Crippen molar-refractivity contribution in [2.75, 3.05) is 16.4 Å². The fraction of sp³-hybridized carbons (Fsp3) is 0.600. The second-order valence-electron chi connectivity index (χ2n) is 9.91. The van der Waals surface area contributed by atoms with E-state index in [-0.39, 0.29) is 0 Å². The van der Waals surface area contributed by atoms with Crippen LogP contribution in [0, 0.1) is 5.92 Å². The maximum atomic E-state index is 3.77. The normalized spacial score (nSPS) is 12.2. The highest BCUT2D eigenvalue weighted by Gasteiger charge is 2.10. The van der Waals surface area contributed by atoms with Crippen molar-refractivity contribution in [3.05, 3.63) is 48.5 Å². The highest BCUT2D eigenvalue weighted by atomic mass is 32.2. The number of hydrogen-bond acceptors (Lipinski definition) is 3. The van der Waals surface area contributed by atoms with Crippen molar-refractivity contribution < 1.29 is 0 Å². The number of thioether (sulfide) groups is 1. The molecular weight excluding hydrogens is 420 g/mol. The monoisotopic (exact) mass is 468 g/mol. The minimum absolute atomic E-state index is 0.481. The van der Waals surface area contributed by atoms with E-state index in [1.165, 1.54) is 87.0 Å². The highest BCUT2D eigenvalue weighted by Crippen LogP contribution is 2.33. The van der Waals surface area contributed by atoms with E-state index in [9.17, 15) is 0 Å². The molecule has 0 saturated carbocycles. The van der Waals surface area contributed by atoms with Gasteiger partial charge >= 0.3 is 0 Å². The van der Waals surface area contributed by atoms with E-state index in [1.807, 2.05) is 11.8 Å². The van der Waals surface area contributed by atoms with Crippen LogP contribution in [0.25, 0.3) is 0 Å². The molecule has 184 valence electrons. The maximum absolute atomic E-state index is 3.77. The van der Waals surface area contributed by atoms with Gasteiger partial charge < -0.3 is 10.6 Å². The fourth-order valence-electron chi connectivity index (χ4n) is 4.33. The molecule has 1 atom stereocenters. The first-order valence-corrected chi connectivity index (χ1v) is 14.4. The molecule has 0 amide bonds. The van der Waals surface area contributed by atoms with Gasteiger partial charge in [-0.15, -0.1) is 11.8 Å². The van der Waals surface area contributed by atoms with Crippen molar-refractivity contribution in [2.24, 2.45) is 5.92 Å². The van der Waals surface area contributed by atoms with Crippen LogP contribution in [0.1, 0.15) is 98.3 Å². The van der Waals surface area contributed by atoms with E-state index >= 15 is 0 Å². The molecule has 0 radical (unpaired) electrons. The Labute approximate surface area is 208 Å². The molecule has 2 N–H and O–H groups in total. The van der Waals surface area contributed by atoms with Gasteiger partial charge in [-0.05, 0) is 61.8 Å². The summed E-state index contributed by atoms with van der Waals surface area (Å²) in [6.45, 7) is 9.18. The van der Waals surface area contributed by atoms with Gasteiger partial charge in [0, 0.05) is 28.0 Å². The van der Waals surface area contributed by atoms with Crippen molar-refractivity contribution in [1.29, 1.82) is 0 Å². The summed E-state index contributed by atoms with van der Waals surface area (Å²) in [5, 5.41) is 7.33. The van der Waals surface area contributed by atoms with Crippen molar-refractivity contribution >= 4 is 28.8 Å². The molecule has 0 bridgehead atoms. The average Bonchev–Trinajstić information content (AvgIpc) is 2.79. The Morgan fingerprint density at radius 2 is 1.36 bits per heavy atom. The lowest BCUT2D eigenvalue weighted by Gasteiger charge is -2.20. The summed E-state index contributed by atoms with van der Waals surface area (Å²) in [5.41, 5.74) is 3.57. The standard InChI is InChI=1S/C30H48N2S/c1-5-6-7-8-9-10-11-12-13-17-22-33-30-24-28(32-27-18-15-14-16-19-27)20-21-29(30)31-26(4)23-25(2)3/h14-16,18-21,24-26,31-32H,5-13,17,22-23H2,1-4H3. The van der Waals surface area contributed by atoms with Crippen molar-refractivity contribution in [2.45, 2.75) is 109 Å². The van der Waals surface area contributed by atoms with Gasteiger partial charge in [0.2, 0.25) is 0 Å². The summed E-state index contributed by atoms with van der Waals surface area (Å²) in [6, 6.07) is 17.7. The Balaban J connectivity index is 1.82. The van der Waals surface area contributed by atoms with Crippen LogP contribution in [-0.4, -0.2) is 11.8 Å². The first-order valence-electron chi connectivity index (χ1n) is 13.4. The average molecular weight is 469 g/mol. The molecule has 1 unspecified atom stereocenters. The zero-order valence-electron chi connectivity index (χ0n) is 21.7. The largest absolute Gasteiger partial charge is 0.382 e. The fourth-order valence-corrected chi connectivity index (χ4v) is 5.39. The predicted molar refractivity (Wildman–Crippen MR) is 151 cm³/mol. The molecule has 2 aromatic rings. The Morgan fingerprint density at radius 1 is 0.727 bits per heavy atom. The van der Waals surface area contributed by atoms with E-state index in [2.05, 4.69) is 86.9 Å². The smallest absolute Gasteiger partial charge is 0.0481 e. The molecule has 0 spiro atoms. The third kappa shape index (κ3) is 12.4. The lowest BCUT2D eigenvalue weighted by atomic mass is 10.1. The van der Waals surface area contributed by atoms with Crippen LogP contribution in [0.15, 0.2) is 53.4 Å². The molecule has 2 nitrogen and oxygen atoms in total. The van der Waals surface area contributed by atoms with Gasteiger partial charge in [0.15, 0.2) is 0 Å². The van der Waals surface area contributed by atoms with Crippen LogP contribution < -0.4 is 10.6 Å². The zero-order valence-corrected chi connectivity index (χ0v) is 22.5. The summed E-state index contributed by atoms with van der Waals surface area (Å²) < 4.78 is 0. The number of nitrogens with one attached hydrogen (secondary N) is 2. The van der Waals surface area contributed by atoms with Gasteiger partial charge in [0.1, 0.15) is 0 Å². The third-order valence-electron chi connectivity index (χ3n) is 6.03. The molecule has 3 heteroatoms. The maximum Gasteiger partial charge on any atom is 0.0481 e. The van der Waals surface area contributed by atoms with Gasteiger partial charge in [-0.2, -0.15) is 0 Å². The summed E-state index contributed by atoms with van der Waals surface area (Å²) in [4.78, 5) is 1.36. The molecule has 0 aromatic heterocycles. The van der Waals surface area contributed by atoms with Crippen LogP contribution in [0.5, 0.6) is 0 Å². The van der Waals surface area contributed by atoms with Crippen molar-refractivity contribution in [3.8, 4) is 0 Å². The SMILES string of the molecule is CCCCCCCCCCCCSc1cc(Nc2ccccc2)ccc1NC(C)CC(C)C. The van der Waals surface area contributed by atoms with E-state index in [0.717, 1.165) is 11.4 Å². The minimum atomic E-state index is 0.481. The molecule has 0 heterocycles. The van der Waals surface area contributed by atoms with Gasteiger partial charge in [0.05, 0.1) is 0 Å². The van der Waals surface area contributed by atoms with Crippen molar-refractivity contribution in [3.63, 3.8) is 0 Å². The molecule has 0 aliphatic rings. The number of benzene rings is 2. The highest BCUT2D eigenvalue weighted by molar-refractivity contribution is 7.99. The number of unbranched alkanes of at least 4 members (excludes halogenated alkanes) is 9. The van der Waals surface area contributed by atoms with Crippen molar-refractivity contribution in [1.82, 2.24) is 0 Å². The number of para-hydroxylation sites is 1. The van der Waals surface area contributed by atoms with E-state index < -0.39 is 0 Å². The topological polar surface area (TPSA) is 24.1 Å². The lowest BCUT2D eigenvalue weighted by Crippen LogP contribution is -2.17. The Morgan fingerprint density at radius 3 is 2.00 bits per heavy atom. The van der Waals surface area contributed by atoms with Gasteiger partial charge in [0.25, 0.3) is 0 Å². The molecular formula is C30H48N2S. The predicted octanol–water partition coefficient (Wildman–Crippen LogP) is 10.3. The molecule has 0 fully saturated rings. The molecule has 33 heavy (non-hydrogen) atoms. The van der Waals surface area contributed by atoms with Crippen LogP contribution in [0.2, 0.25) is 0 Å².